The molecule has 0 aliphatic heterocycles. The zero-order chi connectivity index (χ0) is 12.0. The van der Waals surface area contributed by atoms with Crippen LogP contribution in [0.2, 0.25) is 0 Å². The second kappa shape index (κ2) is 6.55. The lowest BCUT2D eigenvalue weighted by Crippen LogP contribution is -2.00. The fourth-order valence-corrected chi connectivity index (χ4v) is 2.68. The molecule has 1 aromatic rings. The molecule has 1 aromatic carbocycles. The largest absolute Gasteiger partial charge is 0.255 e. The molecule has 0 heterocycles. The van der Waals surface area contributed by atoms with Gasteiger partial charge < -0.3 is 0 Å². The Morgan fingerprint density at radius 3 is 1.62 bits per heavy atom. The molecule has 0 saturated carbocycles. The van der Waals surface area contributed by atoms with Gasteiger partial charge in [0.05, 0.1) is 11.5 Å². The minimum absolute atomic E-state index is 0.425. The minimum Gasteiger partial charge on any atom is -0.255 e. The van der Waals surface area contributed by atoms with Gasteiger partial charge in [0.15, 0.2) is 0 Å². The van der Waals surface area contributed by atoms with Crippen molar-refractivity contribution in [1.82, 2.24) is 0 Å². The van der Waals surface area contributed by atoms with Crippen LogP contribution in [0.3, 0.4) is 0 Å². The monoisotopic (exact) mass is 254 g/mol. The van der Waals surface area contributed by atoms with Crippen molar-refractivity contribution in [3.63, 3.8) is 0 Å². The van der Waals surface area contributed by atoms with Crippen LogP contribution in [0.1, 0.15) is 11.1 Å². The molecule has 2 unspecified atom stereocenters. The smallest absolute Gasteiger partial charge is 0.0529 e. The first-order valence-electron chi connectivity index (χ1n) is 4.73. The van der Waals surface area contributed by atoms with Crippen LogP contribution < -0.4 is 0 Å². The van der Waals surface area contributed by atoms with Crippen molar-refractivity contribution < 1.29 is 8.42 Å². The highest BCUT2D eigenvalue weighted by Crippen LogP contribution is 2.14. The van der Waals surface area contributed by atoms with Crippen LogP contribution in [0.15, 0.2) is 48.2 Å². The molecule has 0 aromatic heterocycles. The van der Waals surface area contributed by atoms with E-state index < -0.39 is 21.6 Å². The molecular weight excluding hydrogens is 240 g/mol. The third-order valence-electron chi connectivity index (χ3n) is 2.09. The summed E-state index contributed by atoms with van der Waals surface area (Å²) >= 11 is 0. The van der Waals surface area contributed by atoms with Crippen molar-refractivity contribution in [3.8, 4) is 0 Å². The first kappa shape index (κ1) is 13.1. The normalized spacial score (nSPS) is 14.0. The quantitative estimate of drug-likeness (QED) is 0.781. The van der Waals surface area contributed by atoms with E-state index in [1.54, 1.807) is 0 Å². The molecular formula is C12H14O2S2. The molecule has 0 aliphatic carbocycles. The van der Waals surface area contributed by atoms with E-state index in [4.69, 9.17) is 0 Å². The maximum atomic E-state index is 11.4. The average Bonchev–Trinajstić information content (AvgIpc) is 2.31. The van der Waals surface area contributed by atoms with Gasteiger partial charge in [-0.3, -0.25) is 8.42 Å². The van der Waals surface area contributed by atoms with E-state index in [1.807, 2.05) is 24.3 Å². The molecule has 0 saturated heterocycles. The Labute approximate surface area is 101 Å². The van der Waals surface area contributed by atoms with Crippen LogP contribution >= 0.6 is 0 Å². The van der Waals surface area contributed by atoms with Gasteiger partial charge in [-0.1, -0.05) is 37.4 Å². The fourth-order valence-electron chi connectivity index (χ4n) is 1.26. The second-order valence-corrected chi connectivity index (χ2v) is 5.92. The van der Waals surface area contributed by atoms with Gasteiger partial charge in [-0.25, -0.2) is 0 Å². The topological polar surface area (TPSA) is 34.1 Å². The first-order chi connectivity index (χ1) is 7.67. The van der Waals surface area contributed by atoms with Gasteiger partial charge in [-0.2, -0.15) is 0 Å². The van der Waals surface area contributed by atoms with Gasteiger partial charge in [0, 0.05) is 21.6 Å². The molecule has 2 atom stereocenters. The fraction of sp³-hybridized carbons (Fsp3) is 0.167. The van der Waals surface area contributed by atoms with Gasteiger partial charge in [0.1, 0.15) is 0 Å². The van der Waals surface area contributed by atoms with Gasteiger partial charge in [-0.15, -0.1) is 0 Å². The van der Waals surface area contributed by atoms with E-state index in [0.717, 1.165) is 11.1 Å². The third kappa shape index (κ3) is 3.87. The zero-order valence-corrected chi connectivity index (χ0v) is 10.6. The Morgan fingerprint density at radius 2 is 1.31 bits per heavy atom. The highest BCUT2D eigenvalue weighted by Gasteiger charge is 2.06. The Balaban J connectivity index is 2.91. The molecule has 2 nitrogen and oxygen atoms in total. The number of hydrogen-bond acceptors (Lipinski definition) is 2. The van der Waals surface area contributed by atoms with Gasteiger partial charge in [-0.05, 0) is 21.9 Å². The summed E-state index contributed by atoms with van der Waals surface area (Å²) < 4.78 is 22.8. The third-order valence-corrected chi connectivity index (χ3v) is 4.02. The maximum Gasteiger partial charge on any atom is 0.0529 e. The number of benzene rings is 1. The number of hydrogen-bond donors (Lipinski definition) is 0. The summed E-state index contributed by atoms with van der Waals surface area (Å²) in [6.45, 7) is 6.97. The Bertz CT molecular complexity index is 397. The van der Waals surface area contributed by atoms with E-state index >= 15 is 0 Å². The van der Waals surface area contributed by atoms with Crippen LogP contribution in [0.4, 0.5) is 0 Å². The summed E-state index contributed by atoms with van der Waals surface area (Å²) in [4.78, 5) is 0. The molecule has 0 amide bonds. The minimum atomic E-state index is -1.07. The number of rotatable bonds is 6. The average molecular weight is 254 g/mol. The SMILES string of the molecule is C=CS(=O)Cc1ccccc1CS(=O)C=C. The predicted molar refractivity (Wildman–Crippen MR) is 70.5 cm³/mol. The van der Waals surface area contributed by atoms with Gasteiger partial charge >= 0.3 is 0 Å². The van der Waals surface area contributed by atoms with Crippen molar-refractivity contribution in [2.45, 2.75) is 11.5 Å². The molecule has 86 valence electrons. The molecule has 1 rings (SSSR count). The standard InChI is InChI=1S/C12H14O2S2/c1-3-15(13)9-11-7-5-6-8-12(11)10-16(14)4-2/h3-8H,1-2,9-10H2. The summed E-state index contributed by atoms with van der Waals surface area (Å²) in [6, 6.07) is 7.57. The van der Waals surface area contributed by atoms with Crippen LogP contribution in [0.25, 0.3) is 0 Å². The van der Waals surface area contributed by atoms with Gasteiger partial charge in [0.2, 0.25) is 0 Å². The second-order valence-electron chi connectivity index (χ2n) is 3.15. The van der Waals surface area contributed by atoms with E-state index in [-0.39, 0.29) is 0 Å². The van der Waals surface area contributed by atoms with Crippen LogP contribution in [-0.2, 0) is 33.1 Å². The molecule has 4 heteroatoms. The van der Waals surface area contributed by atoms with E-state index in [0.29, 0.717) is 11.5 Å². The molecule has 0 aliphatic rings. The van der Waals surface area contributed by atoms with E-state index in [2.05, 4.69) is 13.2 Å². The van der Waals surface area contributed by atoms with Crippen molar-refractivity contribution in [2.75, 3.05) is 0 Å². The maximum absolute atomic E-state index is 11.4. The van der Waals surface area contributed by atoms with Crippen molar-refractivity contribution in [1.29, 1.82) is 0 Å². The summed E-state index contributed by atoms with van der Waals surface area (Å²) in [5.41, 5.74) is 1.91. The lowest BCUT2D eigenvalue weighted by molar-refractivity contribution is 0.685. The molecule has 0 radical (unpaired) electrons. The zero-order valence-electron chi connectivity index (χ0n) is 8.93. The molecule has 0 bridgehead atoms. The molecule has 0 spiro atoms. The highest BCUT2D eigenvalue weighted by molar-refractivity contribution is 7.87. The van der Waals surface area contributed by atoms with E-state index in [9.17, 15) is 8.42 Å². The van der Waals surface area contributed by atoms with Crippen LogP contribution in [0, 0.1) is 0 Å². The van der Waals surface area contributed by atoms with Crippen LogP contribution in [0.5, 0.6) is 0 Å². The molecule has 16 heavy (non-hydrogen) atoms. The van der Waals surface area contributed by atoms with Crippen LogP contribution in [-0.4, -0.2) is 8.42 Å². The molecule has 0 fully saturated rings. The first-order valence-corrected chi connectivity index (χ1v) is 7.50. The Hall–Kier alpha value is -1.00. The summed E-state index contributed by atoms with van der Waals surface area (Å²) in [6.07, 6.45) is 0. The summed E-state index contributed by atoms with van der Waals surface area (Å²) in [5.74, 6) is 0.849. The van der Waals surface area contributed by atoms with Crippen molar-refractivity contribution >= 4 is 21.6 Å². The lowest BCUT2D eigenvalue weighted by Gasteiger charge is -2.06. The van der Waals surface area contributed by atoms with Gasteiger partial charge in [0.25, 0.3) is 0 Å². The van der Waals surface area contributed by atoms with E-state index in [1.165, 1.54) is 10.8 Å². The summed E-state index contributed by atoms with van der Waals surface area (Å²) in [5, 5.41) is 2.84. The predicted octanol–water partition coefficient (Wildman–Crippen LogP) is 2.47. The highest BCUT2D eigenvalue weighted by atomic mass is 32.2. The Kier molecular flexibility index (Phi) is 5.35. The Morgan fingerprint density at radius 1 is 0.938 bits per heavy atom. The summed E-state index contributed by atoms with van der Waals surface area (Å²) in [7, 11) is -2.13. The molecule has 0 N–H and O–H groups in total. The van der Waals surface area contributed by atoms with Crippen molar-refractivity contribution in [3.05, 3.63) is 59.4 Å². The lowest BCUT2D eigenvalue weighted by atomic mass is 10.1. The van der Waals surface area contributed by atoms with Crippen molar-refractivity contribution in [2.24, 2.45) is 0 Å².